The fourth-order valence-corrected chi connectivity index (χ4v) is 2.38. The van der Waals surface area contributed by atoms with Crippen LogP contribution >= 0.6 is 0 Å². The molecule has 0 saturated heterocycles. The Balaban J connectivity index is 1.79. The molecule has 1 aliphatic carbocycles. The lowest BCUT2D eigenvalue weighted by molar-refractivity contribution is 0.118. The summed E-state index contributed by atoms with van der Waals surface area (Å²) < 4.78 is 1.86. The van der Waals surface area contributed by atoms with Crippen molar-refractivity contribution in [2.45, 2.75) is 38.1 Å². The summed E-state index contributed by atoms with van der Waals surface area (Å²) in [6.07, 6.45) is 10.0. The Labute approximate surface area is 103 Å². The number of aliphatic hydroxyl groups is 1. The summed E-state index contributed by atoms with van der Waals surface area (Å²) in [5, 5.41) is 13.1. The highest BCUT2D eigenvalue weighted by molar-refractivity contribution is 5.04. The van der Waals surface area contributed by atoms with E-state index in [2.05, 4.69) is 16.2 Å². The standard InChI is InChI=1S/C13H23N3O/c1-15-11-12(10-14-15)6-8-16(7-3-9-17)13-4-2-5-13/h10-11,13,17H,2-9H2,1H3. The molecule has 4 heteroatoms. The zero-order valence-electron chi connectivity index (χ0n) is 10.7. The lowest BCUT2D eigenvalue weighted by Crippen LogP contribution is -2.42. The van der Waals surface area contributed by atoms with Gasteiger partial charge < -0.3 is 5.11 Å². The average Bonchev–Trinajstić information content (AvgIpc) is 2.65. The molecule has 1 aromatic heterocycles. The van der Waals surface area contributed by atoms with Gasteiger partial charge in [-0.15, -0.1) is 0 Å². The molecule has 0 bridgehead atoms. The van der Waals surface area contributed by atoms with E-state index in [0.29, 0.717) is 6.61 Å². The molecule has 1 aliphatic rings. The van der Waals surface area contributed by atoms with Crippen LogP contribution in [0, 0.1) is 0 Å². The van der Waals surface area contributed by atoms with Gasteiger partial charge in [-0.2, -0.15) is 5.10 Å². The molecule has 1 heterocycles. The second-order valence-electron chi connectivity index (χ2n) is 4.97. The molecule has 1 N–H and O–H groups in total. The van der Waals surface area contributed by atoms with Gasteiger partial charge in [0.05, 0.1) is 6.20 Å². The van der Waals surface area contributed by atoms with E-state index in [1.807, 2.05) is 17.9 Å². The summed E-state index contributed by atoms with van der Waals surface area (Å²) >= 11 is 0. The molecule has 2 rings (SSSR count). The Hall–Kier alpha value is -0.870. The predicted molar refractivity (Wildman–Crippen MR) is 67.8 cm³/mol. The summed E-state index contributed by atoms with van der Waals surface area (Å²) in [4.78, 5) is 2.53. The number of aromatic nitrogens is 2. The molecular formula is C13H23N3O. The average molecular weight is 237 g/mol. The second kappa shape index (κ2) is 6.17. The number of nitrogens with zero attached hydrogens (tertiary/aromatic N) is 3. The molecule has 0 atom stereocenters. The van der Waals surface area contributed by atoms with Crippen molar-refractivity contribution in [1.29, 1.82) is 0 Å². The van der Waals surface area contributed by atoms with Gasteiger partial charge in [0.25, 0.3) is 0 Å². The highest BCUT2D eigenvalue weighted by Crippen LogP contribution is 2.25. The lowest BCUT2D eigenvalue weighted by Gasteiger charge is -2.37. The van der Waals surface area contributed by atoms with Crippen molar-refractivity contribution in [3.05, 3.63) is 18.0 Å². The van der Waals surface area contributed by atoms with Gasteiger partial charge in [-0.1, -0.05) is 6.42 Å². The van der Waals surface area contributed by atoms with Gasteiger partial charge in [0, 0.05) is 39.0 Å². The van der Waals surface area contributed by atoms with Gasteiger partial charge in [0.15, 0.2) is 0 Å². The molecule has 0 spiro atoms. The number of hydrogen-bond donors (Lipinski definition) is 1. The van der Waals surface area contributed by atoms with E-state index >= 15 is 0 Å². The molecule has 0 amide bonds. The van der Waals surface area contributed by atoms with Crippen molar-refractivity contribution in [1.82, 2.24) is 14.7 Å². The largest absolute Gasteiger partial charge is 0.396 e. The van der Waals surface area contributed by atoms with Crippen molar-refractivity contribution in [2.75, 3.05) is 19.7 Å². The summed E-state index contributed by atoms with van der Waals surface area (Å²) in [5.74, 6) is 0. The summed E-state index contributed by atoms with van der Waals surface area (Å²) in [7, 11) is 1.96. The summed E-state index contributed by atoms with van der Waals surface area (Å²) in [6.45, 7) is 2.42. The SMILES string of the molecule is Cn1cc(CCN(CCCO)C2CCC2)cn1. The fraction of sp³-hybridized carbons (Fsp3) is 0.769. The van der Waals surface area contributed by atoms with Crippen LogP contribution in [0.4, 0.5) is 0 Å². The number of hydrogen-bond acceptors (Lipinski definition) is 3. The number of aryl methyl sites for hydroxylation is 1. The van der Waals surface area contributed by atoms with E-state index in [1.165, 1.54) is 24.8 Å². The number of rotatable bonds is 7. The Morgan fingerprint density at radius 3 is 2.82 bits per heavy atom. The van der Waals surface area contributed by atoms with Gasteiger partial charge in [0.1, 0.15) is 0 Å². The van der Waals surface area contributed by atoms with E-state index in [9.17, 15) is 0 Å². The first kappa shape index (κ1) is 12.6. The first-order valence-corrected chi connectivity index (χ1v) is 6.62. The quantitative estimate of drug-likeness (QED) is 0.775. The molecule has 0 aromatic carbocycles. The predicted octanol–water partition coefficient (Wildman–Crippen LogP) is 1.20. The van der Waals surface area contributed by atoms with Crippen molar-refractivity contribution >= 4 is 0 Å². The Bertz CT molecular complexity index is 333. The van der Waals surface area contributed by atoms with Crippen LogP contribution < -0.4 is 0 Å². The molecule has 1 aromatic rings. The molecular weight excluding hydrogens is 214 g/mol. The molecule has 0 unspecified atom stereocenters. The van der Waals surface area contributed by atoms with Crippen molar-refractivity contribution in [3.63, 3.8) is 0 Å². The van der Waals surface area contributed by atoms with Crippen molar-refractivity contribution in [3.8, 4) is 0 Å². The summed E-state index contributed by atoms with van der Waals surface area (Å²) in [6, 6.07) is 0.762. The van der Waals surface area contributed by atoms with Crippen molar-refractivity contribution in [2.24, 2.45) is 7.05 Å². The molecule has 1 fully saturated rings. The maximum absolute atomic E-state index is 8.94. The van der Waals surface area contributed by atoms with Crippen LogP contribution in [0.2, 0.25) is 0 Å². The molecule has 1 saturated carbocycles. The van der Waals surface area contributed by atoms with E-state index in [-0.39, 0.29) is 0 Å². The first-order chi connectivity index (χ1) is 8.29. The van der Waals surface area contributed by atoms with E-state index < -0.39 is 0 Å². The maximum atomic E-state index is 8.94. The molecule has 17 heavy (non-hydrogen) atoms. The van der Waals surface area contributed by atoms with Gasteiger partial charge in [-0.25, -0.2) is 0 Å². The lowest BCUT2D eigenvalue weighted by atomic mass is 9.91. The monoisotopic (exact) mass is 237 g/mol. The third kappa shape index (κ3) is 3.54. The summed E-state index contributed by atoms with van der Waals surface area (Å²) in [5.41, 5.74) is 1.31. The van der Waals surface area contributed by atoms with E-state index in [4.69, 9.17) is 5.11 Å². The molecule has 96 valence electrons. The zero-order valence-corrected chi connectivity index (χ0v) is 10.7. The van der Waals surface area contributed by atoms with Crippen LogP contribution in [0.25, 0.3) is 0 Å². The van der Waals surface area contributed by atoms with Gasteiger partial charge in [0.2, 0.25) is 0 Å². The Kier molecular flexibility index (Phi) is 4.57. The van der Waals surface area contributed by atoms with Crippen LogP contribution in [0.15, 0.2) is 12.4 Å². The Morgan fingerprint density at radius 2 is 2.29 bits per heavy atom. The van der Waals surface area contributed by atoms with Crippen LogP contribution in [0.1, 0.15) is 31.2 Å². The second-order valence-corrected chi connectivity index (χ2v) is 4.97. The van der Waals surface area contributed by atoms with Crippen LogP contribution in [0.5, 0.6) is 0 Å². The minimum Gasteiger partial charge on any atom is -0.396 e. The molecule has 0 radical (unpaired) electrons. The fourth-order valence-electron chi connectivity index (χ4n) is 2.38. The smallest absolute Gasteiger partial charge is 0.0522 e. The zero-order chi connectivity index (χ0) is 12.1. The topological polar surface area (TPSA) is 41.3 Å². The minimum absolute atomic E-state index is 0.302. The van der Waals surface area contributed by atoms with Gasteiger partial charge in [-0.05, 0) is 31.2 Å². The molecule has 4 nitrogen and oxygen atoms in total. The van der Waals surface area contributed by atoms with Gasteiger partial charge >= 0.3 is 0 Å². The third-order valence-corrected chi connectivity index (χ3v) is 3.64. The highest BCUT2D eigenvalue weighted by Gasteiger charge is 2.24. The van der Waals surface area contributed by atoms with Crippen molar-refractivity contribution < 1.29 is 5.11 Å². The first-order valence-electron chi connectivity index (χ1n) is 6.62. The minimum atomic E-state index is 0.302. The van der Waals surface area contributed by atoms with E-state index in [1.54, 1.807) is 0 Å². The van der Waals surface area contributed by atoms with Gasteiger partial charge in [-0.3, -0.25) is 9.58 Å². The maximum Gasteiger partial charge on any atom is 0.0522 e. The van der Waals surface area contributed by atoms with Crippen LogP contribution in [-0.2, 0) is 13.5 Å². The van der Waals surface area contributed by atoms with E-state index in [0.717, 1.165) is 32.0 Å². The highest BCUT2D eigenvalue weighted by atomic mass is 16.3. The molecule has 0 aliphatic heterocycles. The van der Waals surface area contributed by atoms with Crippen LogP contribution in [-0.4, -0.2) is 45.5 Å². The number of aliphatic hydroxyl groups excluding tert-OH is 1. The normalized spacial score (nSPS) is 16.4. The third-order valence-electron chi connectivity index (χ3n) is 3.64. The van der Waals surface area contributed by atoms with Crippen LogP contribution in [0.3, 0.4) is 0 Å². The Morgan fingerprint density at radius 1 is 1.47 bits per heavy atom.